The van der Waals surface area contributed by atoms with E-state index in [0.717, 1.165) is 11.8 Å². The fourth-order valence-corrected chi connectivity index (χ4v) is 1.73. The van der Waals surface area contributed by atoms with Gasteiger partial charge in [-0.25, -0.2) is 0 Å². The van der Waals surface area contributed by atoms with E-state index in [2.05, 4.69) is 19.2 Å². The summed E-state index contributed by atoms with van der Waals surface area (Å²) in [6.07, 6.45) is 1.45. The van der Waals surface area contributed by atoms with Crippen molar-refractivity contribution in [1.82, 2.24) is 5.32 Å². The summed E-state index contributed by atoms with van der Waals surface area (Å²) in [5.74, 6) is 1.92. The van der Waals surface area contributed by atoms with Crippen molar-refractivity contribution < 1.29 is 0 Å². The lowest BCUT2D eigenvalue weighted by molar-refractivity contribution is 0.539. The van der Waals surface area contributed by atoms with E-state index in [4.69, 9.17) is 0 Å². The highest BCUT2D eigenvalue weighted by Crippen LogP contribution is 2.54. The minimum Gasteiger partial charge on any atom is -0.308 e. The number of hydrogen-bond donors (Lipinski definition) is 1. The predicted molar refractivity (Wildman–Crippen MR) is 33.7 cm³/mol. The molecule has 1 N–H and O–H groups in total. The molecular weight excluding hydrogens is 98.1 g/mol. The molecule has 8 heavy (non-hydrogen) atoms. The molecule has 0 radical (unpaired) electrons. The average Bonchev–Trinajstić information content (AvgIpc) is 2.50. The smallest absolute Gasteiger partial charge is 0.0342 e. The molecule has 2 atom stereocenters. The number of hydrogen-bond acceptors (Lipinski definition) is 1. The van der Waals surface area contributed by atoms with Crippen LogP contribution in [0.3, 0.4) is 0 Å². The summed E-state index contributed by atoms with van der Waals surface area (Å²) in [5.41, 5.74) is 0.689. The molecule has 0 aromatic rings. The van der Waals surface area contributed by atoms with E-state index < -0.39 is 0 Å². The lowest BCUT2D eigenvalue weighted by Crippen LogP contribution is -1.99. The Morgan fingerprint density at radius 2 is 2.25 bits per heavy atom. The molecule has 2 unspecified atom stereocenters. The van der Waals surface area contributed by atoms with Gasteiger partial charge in [0.05, 0.1) is 0 Å². The van der Waals surface area contributed by atoms with Crippen LogP contribution in [0.2, 0.25) is 0 Å². The van der Waals surface area contributed by atoms with Crippen molar-refractivity contribution in [3.63, 3.8) is 0 Å². The second-order valence-corrected chi connectivity index (χ2v) is 3.56. The highest BCUT2D eigenvalue weighted by molar-refractivity contribution is 5.22. The molecule has 0 bridgehead atoms. The van der Waals surface area contributed by atoms with Crippen molar-refractivity contribution in [3.05, 3.63) is 0 Å². The van der Waals surface area contributed by atoms with E-state index in [1.807, 2.05) is 0 Å². The summed E-state index contributed by atoms with van der Waals surface area (Å²) in [7, 11) is 0. The fourth-order valence-electron chi connectivity index (χ4n) is 1.73. The topological polar surface area (TPSA) is 21.9 Å². The van der Waals surface area contributed by atoms with Gasteiger partial charge < -0.3 is 5.32 Å². The molecule has 1 nitrogen and oxygen atoms in total. The normalized spacial score (nSPS) is 50.6. The maximum Gasteiger partial charge on any atom is 0.0342 e. The highest BCUT2D eigenvalue weighted by atomic mass is 15.2. The van der Waals surface area contributed by atoms with E-state index in [1.54, 1.807) is 0 Å². The monoisotopic (exact) mass is 111 g/mol. The summed E-state index contributed by atoms with van der Waals surface area (Å²) >= 11 is 0. The Hall–Kier alpha value is -0.0400. The molecule has 0 amide bonds. The molecule has 1 heterocycles. The Labute approximate surface area is 50.5 Å². The van der Waals surface area contributed by atoms with Crippen LogP contribution in [0, 0.1) is 11.8 Å². The van der Waals surface area contributed by atoms with Crippen LogP contribution < -0.4 is 5.32 Å². The van der Waals surface area contributed by atoms with Crippen molar-refractivity contribution in [2.75, 3.05) is 6.54 Å². The molecule has 1 aliphatic carbocycles. The minimum atomic E-state index is 0.689. The summed E-state index contributed by atoms with van der Waals surface area (Å²) < 4.78 is 0. The van der Waals surface area contributed by atoms with Gasteiger partial charge in [-0.3, -0.25) is 0 Å². The molecule has 2 fully saturated rings. The van der Waals surface area contributed by atoms with Crippen molar-refractivity contribution >= 4 is 0 Å². The number of rotatable bonds is 1. The highest BCUT2D eigenvalue weighted by Gasteiger charge is 2.63. The van der Waals surface area contributed by atoms with Gasteiger partial charge in [-0.1, -0.05) is 13.8 Å². The minimum absolute atomic E-state index is 0.689. The second-order valence-electron chi connectivity index (χ2n) is 3.56. The zero-order chi connectivity index (χ0) is 5.78. The summed E-state index contributed by atoms with van der Waals surface area (Å²) in [6.45, 7) is 5.94. The molecule has 1 aliphatic heterocycles. The quantitative estimate of drug-likeness (QED) is 0.501. The summed E-state index contributed by atoms with van der Waals surface area (Å²) in [6, 6.07) is 0. The van der Waals surface area contributed by atoms with Crippen LogP contribution in [0.15, 0.2) is 0 Å². The first-order valence-electron chi connectivity index (χ1n) is 3.50. The van der Waals surface area contributed by atoms with Gasteiger partial charge in [0, 0.05) is 12.1 Å². The first-order valence-corrected chi connectivity index (χ1v) is 3.50. The Balaban J connectivity index is 1.96. The Morgan fingerprint density at radius 1 is 1.62 bits per heavy atom. The molecule has 1 heteroatoms. The number of nitrogens with one attached hydrogen (secondary N) is 1. The van der Waals surface area contributed by atoms with Crippen LogP contribution in [-0.2, 0) is 0 Å². The maximum atomic E-state index is 3.42. The molecular formula is C7H13N. The van der Waals surface area contributed by atoms with Gasteiger partial charge >= 0.3 is 0 Å². The van der Waals surface area contributed by atoms with E-state index in [-0.39, 0.29) is 0 Å². The first kappa shape index (κ1) is 4.80. The third-order valence-corrected chi connectivity index (χ3v) is 2.57. The van der Waals surface area contributed by atoms with Gasteiger partial charge in [0.2, 0.25) is 0 Å². The van der Waals surface area contributed by atoms with Crippen LogP contribution in [-0.4, -0.2) is 12.1 Å². The van der Waals surface area contributed by atoms with Crippen molar-refractivity contribution in [1.29, 1.82) is 0 Å². The molecule has 0 aromatic carbocycles. The van der Waals surface area contributed by atoms with E-state index >= 15 is 0 Å². The van der Waals surface area contributed by atoms with E-state index in [1.165, 1.54) is 13.0 Å². The van der Waals surface area contributed by atoms with Crippen LogP contribution in [0.4, 0.5) is 0 Å². The summed E-state index contributed by atoms with van der Waals surface area (Å²) in [4.78, 5) is 0. The van der Waals surface area contributed by atoms with Crippen molar-refractivity contribution in [2.45, 2.75) is 25.8 Å². The van der Waals surface area contributed by atoms with Crippen molar-refractivity contribution in [3.8, 4) is 0 Å². The van der Waals surface area contributed by atoms with Gasteiger partial charge in [-0.2, -0.15) is 0 Å². The molecule has 1 saturated heterocycles. The molecule has 46 valence electrons. The standard InChI is InChI=1S/C7H13N/c1-5(2)6-3-7(6)4-8-7/h5-6,8H,3-4H2,1-2H3. The van der Waals surface area contributed by atoms with E-state index in [9.17, 15) is 0 Å². The van der Waals surface area contributed by atoms with Gasteiger partial charge in [0.25, 0.3) is 0 Å². The maximum absolute atomic E-state index is 3.42. The molecule has 2 aliphatic rings. The van der Waals surface area contributed by atoms with Gasteiger partial charge in [0.1, 0.15) is 0 Å². The molecule has 1 spiro atoms. The lowest BCUT2D eigenvalue weighted by atomic mass is 10.1. The van der Waals surface area contributed by atoms with Crippen LogP contribution >= 0.6 is 0 Å². The Kier molecular flexibility index (Phi) is 0.663. The third kappa shape index (κ3) is 0.455. The zero-order valence-electron chi connectivity index (χ0n) is 5.57. The Bertz CT molecular complexity index is 114. The fraction of sp³-hybridized carbons (Fsp3) is 1.00. The van der Waals surface area contributed by atoms with Crippen LogP contribution in [0.1, 0.15) is 20.3 Å². The van der Waals surface area contributed by atoms with E-state index in [0.29, 0.717) is 5.54 Å². The Morgan fingerprint density at radius 3 is 2.38 bits per heavy atom. The summed E-state index contributed by atoms with van der Waals surface area (Å²) in [5, 5.41) is 3.42. The second kappa shape index (κ2) is 1.10. The van der Waals surface area contributed by atoms with Crippen LogP contribution in [0.25, 0.3) is 0 Å². The van der Waals surface area contributed by atoms with Gasteiger partial charge in [0.15, 0.2) is 0 Å². The predicted octanol–water partition coefficient (Wildman–Crippen LogP) is 1.00. The van der Waals surface area contributed by atoms with Gasteiger partial charge in [-0.15, -0.1) is 0 Å². The molecule has 1 saturated carbocycles. The van der Waals surface area contributed by atoms with Crippen molar-refractivity contribution in [2.24, 2.45) is 11.8 Å². The largest absolute Gasteiger partial charge is 0.308 e. The lowest BCUT2D eigenvalue weighted by Gasteiger charge is -1.97. The molecule has 0 aromatic heterocycles. The average molecular weight is 111 g/mol. The SMILES string of the molecule is CC(C)C1CC12CN2. The third-order valence-electron chi connectivity index (χ3n) is 2.57. The van der Waals surface area contributed by atoms with Gasteiger partial charge in [-0.05, 0) is 18.3 Å². The zero-order valence-corrected chi connectivity index (χ0v) is 5.57. The van der Waals surface area contributed by atoms with Crippen LogP contribution in [0.5, 0.6) is 0 Å². The first-order chi connectivity index (χ1) is 3.75. The molecule has 2 rings (SSSR count).